The molecule has 0 spiro atoms. The van der Waals surface area contributed by atoms with Crippen molar-refractivity contribution < 1.29 is 4.79 Å². The molecule has 2 N–H and O–H groups in total. The van der Waals surface area contributed by atoms with E-state index in [0.717, 1.165) is 6.42 Å². The minimum absolute atomic E-state index is 0.222. The van der Waals surface area contributed by atoms with E-state index in [9.17, 15) is 4.79 Å². The van der Waals surface area contributed by atoms with E-state index in [1.807, 2.05) is 43.3 Å². The van der Waals surface area contributed by atoms with Crippen LogP contribution in [0.2, 0.25) is 0 Å². The van der Waals surface area contributed by atoms with Crippen LogP contribution in [-0.2, 0) is 10.2 Å². The van der Waals surface area contributed by atoms with Crippen molar-refractivity contribution in [3.8, 4) is 0 Å². The minimum Gasteiger partial charge on any atom is -0.369 e. The second-order valence-corrected chi connectivity index (χ2v) is 5.51. The van der Waals surface area contributed by atoms with Gasteiger partial charge < -0.3 is 5.73 Å². The van der Waals surface area contributed by atoms with Crippen molar-refractivity contribution >= 4 is 5.91 Å². The third-order valence-corrected chi connectivity index (χ3v) is 4.51. The van der Waals surface area contributed by atoms with Gasteiger partial charge in [0.05, 0.1) is 5.41 Å². The number of carbonyl (C=O) groups excluding carboxylic acids is 1. The van der Waals surface area contributed by atoms with Gasteiger partial charge in [-0.3, -0.25) is 4.79 Å². The second kappa shape index (κ2) is 3.95. The Labute approximate surface area is 113 Å². The number of nitrogens with two attached hydrogens (primary N) is 1. The number of rotatable bonds is 3. The van der Waals surface area contributed by atoms with Crippen LogP contribution in [0.15, 0.2) is 60.7 Å². The normalized spacial score (nSPS) is 23.8. The van der Waals surface area contributed by atoms with E-state index in [0.29, 0.717) is 0 Å². The molecule has 1 saturated carbocycles. The Morgan fingerprint density at radius 3 is 1.68 bits per heavy atom. The summed E-state index contributed by atoms with van der Waals surface area (Å²) >= 11 is 0. The molecule has 1 aliphatic carbocycles. The fourth-order valence-corrected chi connectivity index (χ4v) is 3.24. The molecular formula is C17H17NO. The summed E-state index contributed by atoms with van der Waals surface area (Å²) in [6.45, 7) is 1.97. The largest absolute Gasteiger partial charge is 0.369 e. The fraction of sp³-hybridized carbons (Fsp3) is 0.235. The van der Waals surface area contributed by atoms with Crippen molar-refractivity contribution in [3.63, 3.8) is 0 Å². The first-order valence-corrected chi connectivity index (χ1v) is 6.52. The van der Waals surface area contributed by atoms with Gasteiger partial charge >= 0.3 is 0 Å². The van der Waals surface area contributed by atoms with Gasteiger partial charge in [-0.2, -0.15) is 0 Å². The molecule has 0 unspecified atom stereocenters. The SMILES string of the molecule is C[C@]1(C(N)=O)CC1(c1ccccc1)c1ccccc1. The first kappa shape index (κ1) is 12.0. The quantitative estimate of drug-likeness (QED) is 0.895. The lowest BCUT2D eigenvalue weighted by Crippen LogP contribution is -2.30. The summed E-state index contributed by atoms with van der Waals surface area (Å²) < 4.78 is 0. The highest BCUT2D eigenvalue weighted by Gasteiger charge is 2.69. The zero-order chi connectivity index (χ0) is 13.5. The fourth-order valence-electron chi connectivity index (χ4n) is 3.24. The van der Waals surface area contributed by atoms with Crippen molar-refractivity contribution in [3.05, 3.63) is 71.8 Å². The average molecular weight is 251 g/mol. The molecule has 96 valence electrons. The highest BCUT2D eigenvalue weighted by Crippen LogP contribution is 2.67. The van der Waals surface area contributed by atoms with Crippen LogP contribution in [0, 0.1) is 5.41 Å². The summed E-state index contributed by atoms with van der Waals surface area (Å²) in [6.07, 6.45) is 0.781. The number of hydrogen-bond donors (Lipinski definition) is 1. The Balaban J connectivity index is 2.18. The van der Waals surface area contributed by atoms with Crippen molar-refractivity contribution in [1.82, 2.24) is 0 Å². The topological polar surface area (TPSA) is 43.1 Å². The number of primary amides is 1. The predicted octanol–water partition coefficient (Wildman–Crippen LogP) is 2.87. The van der Waals surface area contributed by atoms with Crippen LogP contribution in [0.25, 0.3) is 0 Å². The standard InChI is InChI=1S/C17H17NO/c1-16(15(18)19)12-17(16,13-8-4-2-5-9-13)14-10-6-3-7-11-14/h2-11H,12H2,1H3,(H2,18,19)/t16-/m1/s1. The minimum atomic E-state index is -0.490. The molecular weight excluding hydrogens is 234 g/mol. The molecule has 0 aromatic heterocycles. The van der Waals surface area contributed by atoms with Crippen LogP contribution in [-0.4, -0.2) is 5.91 Å². The van der Waals surface area contributed by atoms with E-state index in [-0.39, 0.29) is 11.3 Å². The zero-order valence-electron chi connectivity index (χ0n) is 11.0. The molecule has 2 heteroatoms. The number of amides is 1. The lowest BCUT2D eigenvalue weighted by molar-refractivity contribution is -0.123. The van der Waals surface area contributed by atoms with Crippen molar-refractivity contribution in [2.24, 2.45) is 11.1 Å². The van der Waals surface area contributed by atoms with Gasteiger partial charge in [0.1, 0.15) is 0 Å². The average Bonchev–Trinajstić information content (AvgIpc) is 3.10. The van der Waals surface area contributed by atoms with E-state index in [4.69, 9.17) is 5.73 Å². The van der Waals surface area contributed by atoms with E-state index < -0.39 is 5.41 Å². The first-order chi connectivity index (χ1) is 9.11. The summed E-state index contributed by atoms with van der Waals surface area (Å²) in [5.74, 6) is -0.222. The Morgan fingerprint density at radius 2 is 1.37 bits per heavy atom. The first-order valence-electron chi connectivity index (χ1n) is 6.52. The van der Waals surface area contributed by atoms with Crippen LogP contribution in [0.4, 0.5) is 0 Å². The molecule has 1 atom stereocenters. The molecule has 1 amide bonds. The number of hydrogen-bond acceptors (Lipinski definition) is 1. The van der Waals surface area contributed by atoms with Crippen molar-refractivity contribution in [2.45, 2.75) is 18.8 Å². The molecule has 2 aromatic rings. The summed E-state index contributed by atoms with van der Waals surface area (Å²) in [6, 6.07) is 20.4. The van der Waals surface area contributed by atoms with E-state index >= 15 is 0 Å². The molecule has 0 aliphatic heterocycles. The van der Waals surface area contributed by atoms with Gasteiger partial charge in [0.25, 0.3) is 0 Å². The summed E-state index contributed by atoms with van der Waals surface area (Å²) in [5.41, 5.74) is 7.23. The van der Waals surface area contributed by atoms with Gasteiger partial charge in [-0.1, -0.05) is 60.7 Å². The highest BCUT2D eigenvalue weighted by atomic mass is 16.1. The van der Waals surface area contributed by atoms with Crippen LogP contribution in [0.1, 0.15) is 24.5 Å². The van der Waals surface area contributed by atoms with Crippen LogP contribution >= 0.6 is 0 Å². The molecule has 19 heavy (non-hydrogen) atoms. The smallest absolute Gasteiger partial charge is 0.224 e. The number of carbonyl (C=O) groups is 1. The monoisotopic (exact) mass is 251 g/mol. The summed E-state index contributed by atoms with van der Waals surface area (Å²) in [5, 5.41) is 0. The molecule has 0 heterocycles. The van der Waals surface area contributed by atoms with Gasteiger partial charge in [0.15, 0.2) is 0 Å². The van der Waals surface area contributed by atoms with E-state index in [1.165, 1.54) is 11.1 Å². The Kier molecular flexibility index (Phi) is 2.49. The van der Waals surface area contributed by atoms with Crippen LogP contribution in [0.5, 0.6) is 0 Å². The van der Waals surface area contributed by atoms with E-state index in [2.05, 4.69) is 24.3 Å². The Morgan fingerprint density at radius 1 is 0.947 bits per heavy atom. The molecule has 3 rings (SSSR count). The third kappa shape index (κ3) is 1.53. The third-order valence-electron chi connectivity index (χ3n) is 4.51. The molecule has 2 aromatic carbocycles. The molecule has 1 aliphatic rings. The van der Waals surface area contributed by atoms with Crippen LogP contribution < -0.4 is 5.73 Å². The van der Waals surface area contributed by atoms with Gasteiger partial charge in [-0.25, -0.2) is 0 Å². The van der Waals surface area contributed by atoms with Gasteiger partial charge in [-0.05, 0) is 24.5 Å². The van der Waals surface area contributed by atoms with E-state index in [1.54, 1.807) is 0 Å². The maximum Gasteiger partial charge on any atom is 0.224 e. The van der Waals surface area contributed by atoms with Gasteiger partial charge in [0.2, 0.25) is 5.91 Å². The molecule has 1 fully saturated rings. The summed E-state index contributed by atoms with van der Waals surface area (Å²) in [4.78, 5) is 11.9. The van der Waals surface area contributed by atoms with Crippen molar-refractivity contribution in [1.29, 1.82) is 0 Å². The molecule has 0 bridgehead atoms. The Bertz CT molecular complexity index is 566. The molecule has 0 saturated heterocycles. The Hall–Kier alpha value is -2.09. The van der Waals surface area contributed by atoms with Gasteiger partial charge in [0, 0.05) is 5.41 Å². The molecule has 0 radical (unpaired) electrons. The summed E-state index contributed by atoms with van der Waals surface area (Å²) in [7, 11) is 0. The van der Waals surface area contributed by atoms with Crippen LogP contribution in [0.3, 0.4) is 0 Å². The zero-order valence-corrected chi connectivity index (χ0v) is 11.0. The van der Waals surface area contributed by atoms with Gasteiger partial charge in [-0.15, -0.1) is 0 Å². The maximum atomic E-state index is 11.9. The molecule has 2 nitrogen and oxygen atoms in total. The lowest BCUT2D eigenvalue weighted by Gasteiger charge is -2.22. The van der Waals surface area contributed by atoms with Crippen molar-refractivity contribution in [2.75, 3.05) is 0 Å². The second-order valence-electron chi connectivity index (χ2n) is 5.51. The predicted molar refractivity (Wildman–Crippen MR) is 75.6 cm³/mol. The number of benzene rings is 2. The maximum absolute atomic E-state index is 11.9. The highest BCUT2D eigenvalue weighted by molar-refractivity contribution is 5.88. The lowest BCUT2D eigenvalue weighted by atomic mass is 9.80.